The number of benzene rings is 2. The standard InChI is InChI=1S/C26H30N4O8S/c1-15-8-9-16(12-20(15)37-21-10-11-27-24(29-21)38-25(32)36-6)23(31)28-18-13-17(26(2,3)4)14-19(22(18)35-5)30-39(7,33)34/h8-14,30H,1-7H3,(H,28,31). The molecule has 2 aromatic carbocycles. The maximum absolute atomic E-state index is 13.3. The lowest BCUT2D eigenvalue weighted by atomic mass is 9.86. The number of nitrogens with zero attached hydrogens (tertiary/aromatic N) is 2. The number of aromatic nitrogens is 2. The Morgan fingerprint density at radius 1 is 1.00 bits per heavy atom. The molecule has 1 aromatic heterocycles. The summed E-state index contributed by atoms with van der Waals surface area (Å²) in [5.74, 6) is 0.0530. The van der Waals surface area contributed by atoms with Gasteiger partial charge in [-0.1, -0.05) is 26.8 Å². The summed E-state index contributed by atoms with van der Waals surface area (Å²) in [6, 6.07) is 9.41. The van der Waals surface area contributed by atoms with Gasteiger partial charge in [0.2, 0.25) is 15.9 Å². The fourth-order valence-electron chi connectivity index (χ4n) is 3.36. The van der Waals surface area contributed by atoms with Gasteiger partial charge >= 0.3 is 12.2 Å². The molecule has 39 heavy (non-hydrogen) atoms. The van der Waals surface area contributed by atoms with Crippen LogP contribution in [0.15, 0.2) is 42.6 Å². The molecule has 3 aromatic rings. The van der Waals surface area contributed by atoms with E-state index in [0.29, 0.717) is 11.3 Å². The molecule has 13 heteroatoms. The highest BCUT2D eigenvalue weighted by Crippen LogP contribution is 2.39. The van der Waals surface area contributed by atoms with Gasteiger partial charge < -0.3 is 24.3 Å². The number of carbonyl (C=O) groups is 2. The lowest BCUT2D eigenvalue weighted by Gasteiger charge is -2.24. The molecule has 0 saturated carbocycles. The third kappa shape index (κ3) is 7.80. The van der Waals surface area contributed by atoms with Crippen LogP contribution < -0.4 is 24.2 Å². The van der Waals surface area contributed by atoms with E-state index in [-0.39, 0.29) is 40.0 Å². The number of amides is 1. The van der Waals surface area contributed by atoms with Gasteiger partial charge in [0.15, 0.2) is 5.75 Å². The Labute approximate surface area is 226 Å². The molecule has 0 atom stereocenters. The quantitative estimate of drug-likeness (QED) is 0.373. The number of carbonyl (C=O) groups excluding carboxylic acids is 2. The monoisotopic (exact) mass is 558 g/mol. The molecule has 0 unspecified atom stereocenters. The summed E-state index contributed by atoms with van der Waals surface area (Å²) in [5, 5.41) is 2.81. The Bertz CT molecular complexity index is 1500. The summed E-state index contributed by atoms with van der Waals surface area (Å²) in [5.41, 5.74) is 1.84. The van der Waals surface area contributed by atoms with Crippen molar-refractivity contribution in [3.8, 4) is 23.4 Å². The third-order valence-corrected chi connectivity index (χ3v) is 5.91. The molecular formula is C26H30N4O8S. The van der Waals surface area contributed by atoms with Crippen LogP contribution in [0.25, 0.3) is 0 Å². The van der Waals surface area contributed by atoms with Gasteiger partial charge in [-0.2, -0.15) is 4.98 Å². The van der Waals surface area contributed by atoms with Gasteiger partial charge in [-0.3, -0.25) is 9.52 Å². The average Bonchev–Trinajstić information content (AvgIpc) is 2.83. The van der Waals surface area contributed by atoms with E-state index < -0.39 is 22.1 Å². The second-order valence-electron chi connectivity index (χ2n) is 9.50. The minimum absolute atomic E-state index is 0.0700. The topological polar surface area (TPSA) is 155 Å². The maximum atomic E-state index is 13.3. The van der Waals surface area contributed by atoms with E-state index >= 15 is 0 Å². The number of aryl methyl sites for hydroxylation is 1. The second kappa shape index (κ2) is 11.6. The van der Waals surface area contributed by atoms with Gasteiger partial charge in [-0.15, -0.1) is 0 Å². The summed E-state index contributed by atoms with van der Waals surface area (Å²) >= 11 is 0. The van der Waals surface area contributed by atoms with Crippen molar-refractivity contribution in [1.82, 2.24) is 9.97 Å². The first-order valence-electron chi connectivity index (χ1n) is 11.6. The minimum atomic E-state index is -3.63. The van der Waals surface area contributed by atoms with Gasteiger partial charge in [0.25, 0.3) is 5.91 Å². The number of anilines is 2. The van der Waals surface area contributed by atoms with Gasteiger partial charge in [-0.25, -0.2) is 18.2 Å². The van der Waals surface area contributed by atoms with Gasteiger partial charge in [0.1, 0.15) is 5.75 Å². The minimum Gasteiger partial charge on any atom is -0.492 e. The highest BCUT2D eigenvalue weighted by Gasteiger charge is 2.23. The Morgan fingerprint density at radius 2 is 1.69 bits per heavy atom. The number of sulfonamides is 1. The molecule has 0 radical (unpaired) electrons. The zero-order chi connectivity index (χ0) is 29.0. The molecule has 0 fully saturated rings. The molecule has 2 N–H and O–H groups in total. The van der Waals surface area contributed by atoms with Crippen LogP contribution in [0.5, 0.6) is 23.4 Å². The Morgan fingerprint density at radius 3 is 2.31 bits per heavy atom. The van der Waals surface area contributed by atoms with Crippen molar-refractivity contribution in [2.24, 2.45) is 0 Å². The van der Waals surface area contributed by atoms with E-state index in [9.17, 15) is 18.0 Å². The van der Waals surface area contributed by atoms with Crippen LogP contribution in [-0.4, -0.2) is 50.9 Å². The first kappa shape index (κ1) is 29.2. The number of hydrogen-bond acceptors (Lipinski definition) is 10. The number of rotatable bonds is 8. The Kier molecular flexibility index (Phi) is 8.64. The summed E-state index contributed by atoms with van der Waals surface area (Å²) in [6.07, 6.45) is 1.39. The van der Waals surface area contributed by atoms with Crippen molar-refractivity contribution in [1.29, 1.82) is 0 Å². The molecule has 0 bridgehead atoms. The van der Waals surface area contributed by atoms with E-state index in [2.05, 4.69) is 24.7 Å². The molecule has 1 heterocycles. The lowest BCUT2D eigenvalue weighted by Crippen LogP contribution is -2.18. The van der Waals surface area contributed by atoms with Crippen molar-refractivity contribution in [3.63, 3.8) is 0 Å². The van der Waals surface area contributed by atoms with Crippen LogP contribution in [0, 0.1) is 6.92 Å². The first-order valence-corrected chi connectivity index (χ1v) is 13.5. The van der Waals surface area contributed by atoms with Crippen molar-refractivity contribution in [3.05, 3.63) is 59.3 Å². The summed E-state index contributed by atoms with van der Waals surface area (Å²) < 4.78 is 47.0. The van der Waals surface area contributed by atoms with Gasteiger partial charge in [0, 0.05) is 17.8 Å². The van der Waals surface area contributed by atoms with Crippen molar-refractivity contribution in [2.45, 2.75) is 33.1 Å². The molecule has 0 aliphatic carbocycles. The molecule has 0 aliphatic rings. The Hall–Kier alpha value is -4.39. The molecule has 208 valence electrons. The molecule has 0 spiro atoms. The number of methoxy groups -OCH3 is 2. The SMILES string of the molecule is COC(=O)Oc1nccc(Oc2cc(C(=O)Nc3cc(C(C)(C)C)cc(NS(C)(=O)=O)c3OC)ccc2C)n1. The highest BCUT2D eigenvalue weighted by atomic mass is 32.2. The molecule has 12 nitrogen and oxygen atoms in total. The molecule has 0 saturated heterocycles. The van der Waals surface area contributed by atoms with Crippen LogP contribution in [0.2, 0.25) is 0 Å². The fourth-order valence-corrected chi connectivity index (χ4v) is 3.91. The summed E-state index contributed by atoms with van der Waals surface area (Å²) in [7, 11) is -1.09. The van der Waals surface area contributed by atoms with Gasteiger partial charge in [-0.05, 0) is 47.7 Å². The van der Waals surface area contributed by atoms with Crippen LogP contribution in [0.4, 0.5) is 16.2 Å². The predicted octanol–water partition coefficient (Wildman–Crippen LogP) is 4.65. The molecular weight excluding hydrogens is 528 g/mol. The van der Waals surface area contributed by atoms with E-state index in [1.54, 1.807) is 31.2 Å². The largest absolute Gasteiger partial charge is 0.516 e. The summed E-state index contributed by atoms with van der Waals surface area (Å²) in [4.78, 5) is 32.5. The number of nitrogens with one attached hydrogen (secondary N) is 2. The maximum Gasteiger partial charge on any atom is 0.516 e. The highest BCUT2D eigenvalue weighted by molar-refractivity contribution is 7.92. The molecule has 1 amide bonds. The van der Waals surface area contributed by atoms with Gasteiger partial charge in [0.05, 0.1) is 31.9 Å². The first-order chi connectivity index (χ1) is 18.2. The predicted molar refractivity (Wildman–Crippen MR) is 144 cm³/mol. The molecule has 3 rings (SSSR count). The van der Waals surface area contributed by atoms with E-state index in [1.807, 2.05) is 20.8 Å². The zero-order valence-corrected chi connectivity index (χ0v) is 23.4. The average molecular weight is 559 g/mol. The fraction of sp³-hybridized carbons (Fsp3) is 0.308. The van der Waals surface area contributed by atoms with Crippen molar-refractivity contribution in [2.75, 3.05) is 30.5 Å². The van der Waals surface area contributed by atoms with Crippen molar-refractivity contribution < 1.29 is 37.0 Å². The van der Waals surface area contributed by atoms with E-state index in [0.717, 1.165) is 18.9 Å². The van der Waals surface area contributed by atoms with Crippen LogP contribution in [-0.2, 0) is 20.2 Å². The van der Waals surface area contributed by atoms with E-state index in [1.165, 1.54) is 25.4 Å². The van der Waals surface area contributed by atoms with Crippen molar-refractivity contribution >= 4 is 33.5 Å². The summed E-state index contributed by atoms with van der Waals surface area (Å²) in [6.45, 7) is 7.66. The molecule has 0 aliphatic heterocycles. The third-order valence-electron chi connectivity index (χ3n) is 5.32. The lowest BCUT2D eigenvalue weighted by molar-refractivity contribution is 0.102. The number of ether oxygens (including phenoxy) is 4. The zero-order valence-electron chi connectivity index (χ0n) is 22.6. The Balaban J connectivity index is 1.94. The van der Waals surface area contributed by atoms with Crippen LogP contribution >= 0.6 is 0 Å². The normalized spacial score (nSPS) is 11.4. The number of hydrogen-bond donors (Lipinski definition) is 2. The second-order valence-corrected chi connectivity index (χ2v) is 11.2. The van der Waals surface area contributed by atoms with Crippen LogP contribution in [0.3, 0.4) is 0 Å². The van der Waals surface area contributed by atoms with Crippen LogP contribution in [0.1, 0.15) is 42.3 Å². The van der Waals surface area contributed by atoms with E-state index in [4.69, 9.17) is 14.2 Å². The smallest absolute Gasteiger partial charge is 0.492 e.